The summed E-state index contributed by atoms with van der Waals surface area (Å²) >= 11 is 5.12. The smallest absolute Gasteiger partial charge is 0.191 e. The maximum absolute atomic E-state index is 6.28. The summed E-state index contributed by atoms with van der Waals surface area (Å²) in [6.07, 6.45) is 1.70. The van der Waals surface area contributed by atoms with Crippen LogP contribution in [0.1, 0.15) is 44.6 Å². The standard InChI is InChI=1S/C15H26BrNO3SSi/c1-15(2,3)22(4,5)19-9-6-11(20-12-7-8-18-12)13-14(16)17-10-21-13/h10-12H,6-9H2,1-5H3. The van der Waals surface area contributed by atoms with Crippen molar-refractivity contribution in [2.75, 3.05) is 13.2 Å². The average molecular weight is 408 g/mol. The molecule has 1 aliphatic rings. The first kappa shape index (κ1) is 18.5. The van der Waals surface area contributed by atoms with Gasteiger partial charge >= 0.3 is 0 Å². The molecule has 0 spiro atoms. The number of aromatic nitrogens is 1. The van der Waals surface area contributed by atoms with E-state index in [1.807, 2.05) is 5.51 Å². The predicted octanol–water partition coefficient (Wildman–Crippen LogP) is 5.12. The molecule has 0 aromatic carbocycles. The van der Waals surface area contributed by atoms with Crippen molar-refractivity contribution in [3.05, 3.63) is 15.0 Å². The van der Waals surface area contributed by atoms with Gasteiger partial charge in [0.05, 0.1) is 23.1 Å². The Bertz CT molecular complexity index is 485. The normalized spacial score (nSPS) is 20.7. The van der Waals surface area contributed by atoms with Crippen LogP contribution in [-0.4, -0.2) is 32.8 Å². The summed E-state index contributed by atoms with van der Waals surface area (Å²) in [5.41, 5.74) is 1.84. The minimum absolute atomic E-state index is 0.0167. The molecule has 2 rings (SSSR count). The molecule has 22 heavy (non-hydrogen) atoms. The van der Waals surface area contributed by atoms with Crippen LogP contribution in [0.5, 0.6) is 0 Å². The van der Waals surface area contributed by atoms with Crippen LogP contribution in [0.2, 0.25) is 18.1 Å². The molecule has 7 heteroatoms. The van der Waals surface area contributed by atoms with Gasteiger partial charge in [-0.25, -0.2) is 4.98 Å². The van der Waals surface area contributed by atoms with Crippen LogP contribution in [-0.2, 0) is 13.9 Å². The summed E-state index contributed by atoms with van der Waals surface area (Å²) in [6, 6.07) is 0. The number of hydrogen-bond acceptors (Lipinski definition) is 5. The van der Waals surface area contributed by atoms with Gasteiger partial charge in [-0.05, 0) is 34.1 Å². The SMILES string of the molecule is CC(C)(C)[Si](C)(C)OCCC(OC1CCO1)c1scnc1Br. The third kappa shape index (κ3) is 4.61. The van der Waals surface area contributed by atoms with Crippen LogP contribution in [0.15, 0.2) is 10.1 Å². The number of hydrogen-bond donors (Lipinski definition) is 0. The van der Waals surface area contributed by atoms with E-state index in [0.29, 0.717) is 6.61 Å². The molecule has 1 fully saturated rings. The topological polar surface area (TPSA) is 40.6 Å². The van der Waals surface area contributed by atoms with Gasteiger partial charge in [-0.15, -0.1) is 11.3 Å². The van der Waals surface area contributed by atoms with Gasteiger partial charge in [0.15, 0.2) is 14.6 Å². The minimum atomic E-state index is -1.72. The molecular formula is C15H26BrNO3SSi. The molecule has 4 nitrogen and oxygen atoms in total. The number of ether oxygens (including phenoxy) is 2. The molecule has 2 unspecified atom stereocenters. The maximum Gasteiger partial charge on any atom is 0.191 e. The third-order valence-electron chi connectivity index (χ3n) is 4.46. The molecule has 0 bridgehead atoms. The van der Waals surface area contributed by atoms with Crippen molar-refractivity contribution in [1.29, 1.82) is 0 Å². The molecule has 0 radical (unpaired) electrons. The first-order valence-electron chi connectivity index (χ1n) is 7.70. The lowest BCUT2D eigenvalue weighted by Gasteiger charge is -2.37. The van der Waals surface area contributed by atoms with E-state index in [2.05, 4.69) is 54.8 Å². The van der Waals surface area contributed by atoms with Crippen molar-refractivity contribution in [2.45, 2.75) is 64.1 Å². The Morgan fingerprint density at radius 3 is 2.64 bits per heavy atom. The van der Waals surface area contributed by atoms with E-state index in [9.17, 15) is 0 Å². The van der Waals surface area contributed by atoms with Crippen LogP contribution in [0.3, 0.4) is 0 Å². The molecule has 126 valence electrons. The zero-order chi connectivity index (χ0) is 16.4. The Labute approximate surface area is 146 Å². The second-order valence-corrected chi connectivity index (χ2v) is 13.6. The van der Waals surface area contributed by atoms with E-state index in [0.717, 1.165) is 28.9 Å². The summed E-state index contributed by atoms with van der Waals surface area (Å²) in [4.78, 5) is 5.39. The highest BCUT2D eigenvalue weighted by Crippen LogP contribution is 2.38. The Hall–Kier alpha value is 0.207. The van der Waals surface area contributed by atoms with Crippen molar-refractivity contribution in [3.8, 4) is 0 Å². The summed E-state index contributed by atoms with van der Waals surface area (Å²) in [5, 5.41) is 0.228. The monoisotopic (exact) mass is 407 g/mol. The van der Waals surface area contributed by atoms with Gasteiger partial charge in [0, 0.05) is 19.4 Å². The Kier molecular flexibility index (Phi) is 6.24. The van der Waals surface area contributed by atoms with E-state index in [1.54, 1.807) is 11.3 Å². The van der Waals surface area contributed by atoms with Gasteiger partial charge in [0.1, 0.15) is 4.60 Å². The first-order valence-corrected chi connectivity index (χ1v) is 12.3. The van der Waals surface area contributed by atoms with E-state index in [-0.39, 0.29) is 17.4 Å². The lowest BCUT2D eigenvalue weighted by molar-refractivity contribution is -0.238. The molecule has 0 saturated carbocycles. The molecular weight excluding hydrogens is 382 g/mol. The number of rotatable bonds is 7. The lowest BCUT2D eigenvalue weighted by Crippen LogP contribution is -2.41. The second-order valence-electron chi connectivity index (χ2n) is 7.12. The van der Waals surface area contributed by atoms with Crippen molar-refractivity contribution in [2.24, 2.45) is 0 Å². The quantitative estimate of drug-likeness (QED) is 0.587. The molecule has 2 heterocycles. The van der Waals surface area contributed by atoms with Crippen LogP contribution in [0.25, 0.3) is 0 Å². The van der Waals surface area contributed by atoms with E-state index < -0.39 is 8.32 Å². The van der Waals surface area contributed by atoms with E-state index in [4.69, 9.17) is 13.9 Å². The van der Waals surface area contributed by atoms with Gasteiger partial charge in [-0.1, -0.05) is 20.8 Å². The van der Waals surface area contributed by atoms with Crippen LogP contribution < -0.4 is 0 Å². The minimum Gasteiger partial charge on any atom is -0.417 e. The molecule has 1 aliphatic heterocycles. The van der Waals surface area contributed by atoms with Crippen molar-refractivity contribution in [1.82, 2.24) is 4.98 Å². The predicted molar refractivity (Wildman–Crippen MR) is 95.8 cm³/mol. The summed E-state index contributed by atoms with van der Waals surface area (Å²) in [5.74, 6) is 0. The Morgan fingerprint density at radius 2 is 2.18 bits per heavy atom. The fourth-order valence-electron chi connectivity index (χ4n) is 1.85. The summed E-state index contributed by atoms with van der Waals surface area (Å²) in [6.45, 7) is 12.8. The second kappa shape index (κ2) is 7.40. The van der Waals surface area contributed by atoms with Gasteiger partial charge in [-0.2, -0.15) is 0 Å². The molecule has 1 aromatic rings. The van der Waals surface area contributed by atoms with Crippen LogP contribution >= 0.6 is 27.3 Å². The number of nitrogens with zero attached hydrogens (tertiary/aromatic N) is 1. The van der Waals surface area contributed by atoms with Gasteiger partial charge in [0.2, 0.25) is 0 Å². The molecule has 1 aromatic heterocycles. The number of halogens is 1. The molecule has 0 aliphatic carbocycles. The summed E-state index contributed by atoms with van der Waals surface area (Å²) in [7, 11) is -1.72. The van der Waals surface area contributed by atoms with E-state index in [1.165, 1.54) is 0 Å². The van der Waals surface area contributed by atoms with Crippen molar-refractivity contribution >= 4 is 35.6 Å². The lowest BCUT2D eigenvalue weighted by atomic mass is 10.2. The Morgan fingerprint density at radius 1 is 1.50 bits per heavy atom. The zero-order valence-electron chi connectivity index (χ0n) is 14.0. The van der Waals surface area contributed by atoms with Crippen LogP contribution in [0.4, 0.5) is 0 Å². The average Bonchev–Trinajstić information content (AvgIpc) is 2.76. The fraction of sp³-hybridized carbons (Fsp3) is 0.800. The van der Waals surface area contributed by atoms with E-state index >= 15 is 0 Å². The first-order chi connectivity index (χ1) is 10.2. The fourth-order valence-corrected chi connectivity index (χ4v) is 4.44. The van der Waals surface area contributed by atoms with Crippen molar-refractivity contribution < 1.29 is 13.9 Å². The highest BCUT2D eigenvalue weighted by molar-refractivity contribution is 9.10. The largest absolute Gasteiger partial charge is 0.417 e. The zero-order valence-corrected chi connectivity index (χ0v) is 17.4. The Balaban J connectivity index is 1.94. The van der Waals surface area contributed by atoms with Gasteiger partial charge in [-0.3, -0.25) is 0 Å². The summed E-state index contributed by atoms with van der Waals surface area (Å²) < 4.78 is 18.6. The molecule has 1 saturated heterocycles. The number of thiazole rings is 1. The molecule has 2 atom stereocenters. The third-order valence-corrected chi connectivity index (χ3v) is 10.8. The highest BCUT2D eigenvalue weighted by Gasteiger charge is 2.37. The maximum atomic E-state index is 6.28. The molecule has 0 N–H and O–H groups in total. The van der Waals surface area contributed by atoms with Gasteiger partial charge in [0.25, 0.3) is 0 Å². The van der Waals surface area contributed by atoms with Crippen LogP contribution in [0, 0.1) is 0 Å². The van der Waals surface area contributed by atoms with Gasteiger partial charge < -0.3 is 13.9 Å². The molecule has 0 amide bonds. The van der Waals surface area contributed by atoms with Crippen molar-refractivity contribution in [3.63, 3.8) is 0 Å². The highest BCUT2D eigenvalue weighted by atomic mass is 79.9.